The van der Waals surface area contributed by atoms with Gasteiger partial charge >= 0.3 is 0 Å². The Morgan fingerprint density at radius 1 is 0.946 bits per heavy atom. The number of carbonyl (C=O) groups is 1. The number of nitrogens with zero attached hydrogens (tertiary/aromatic N) is 1. The zero-order valence-electron chi connectivity index (χ0n) is 21.8. The van der Waals surface area contributed by atoms with Gasteiger partial charge in [0.05, 0.1) is 17.0 Å². The van der Waals surface area contributed by atoms with Crippen LogP contribution in [0.25, 0.3) is 0 Å². The van der Waals surface area contributed by atoms with Gasteiger partial charge in [-0.3, -0.25) is 4.79 Å². The minimum absolute atomic E-state index is 0.0155. The van der Waals surface area contributed by atoms with Crippen molar-refractivity contribution in [3.63, 3.8) is 0 Å². The Hall–Kier alpha value is -3.20. The topological polar surface area (TPSA) is 107 Å². The number of hydrogen-bond acceptors (Lipinski definition) is 5. The molecule has 0 aliphatic heterocycles. The van der Waals surface area contributed by atoms with E-state index in [-0.39, 0.29) is 29.7 Å². The summed E-state index contributed by atoms with van der Waals surface area (Å²) in [6.07, 6.45) is -0.533. The number of aryl methyl sites for hydroxylation is 1. The number of nitrogens with one attached hydrogen (secondary N) is 1. The second-order valence-electron chi connectivity index (χ2n) is 9.60. The number of sulfonamides is 1. The van der Waals surface area contributed by atoms with Crippen LogP contribution in [0.1, 0.15) is 47.3 Å². The van der Waals surface area contributed by atoms with Crippen LogP contribution in [-0.2, 0) is 16.4 Å². The van der Waals surface area contributed by atoms with E-state index in [9.17, 15) is 23.4 Å². The quantitative estimate of drug-likeness (QED) is 0.349. The molecule has 0 spiro atoms. The number of rotatable bonds is 11. The molecular weight excluding hydrogens is 488 g/mol. The number of benzene rings is 3. The summed E-state index contributed by atoms with van der Waals surface area (Å²) in [5.41, 5.74) is 2.65. The molecule has 0 saturated carbocycles. The lowest BCUT2D eigenvalue weighted by Crippen LogP contribution is -2.47. The first kappa shape index (κ1) is 28.4. The average molecular weight is 525 g/mol. The largest absolute Gasteiger partial charge is 0.508 e. The van der Waals surface area contributed by atoms with Gasteiger partial charge in [-0.15, -0.1) is 0 Å². The summed E-state index contributed by atoms with van der Waals surface area (Å²) in [5, 5.41) is 24.1. The van der Waals surface area contributed by atoms with Crippen LogP contribution in [0.2, 0.25) is 0 Å². The highest BCUT2D eigenvalue weighted by molar-refractivity contribution is 7.89. The molecule has 7 nitrogen and oxygen atoms in total. The Morgan fingerprint density at radius 2 is 1.59 bits per heavy atom. The van der Waals surface area contributed by atoms with Crippen LogP contribution < -0.4 is 5.32 Å². The number of phenols is 1. The van der Waals surface area contributed by atoms with E-state index in [1.807, 2.05) is 37.3 Å². The van der Waals surface area contributed by atoms with E-state index in [1.165, 1.54) is 10.4 Å². The molecule has 1 amide bonds. The van der Waals surface area contributed by atoms with Gasteiger partial charge in [0.15, 0.2) is 0 Å². The van der Waals surface area contributed by atoms with E-state index in [0.29, 0.717) is 17.5 Å². The lowest BCUT2D eigenvalue weighted by Gasteiger charge is -2.30. The first-order chi connectivity index (χ1) is 17.5. The van der Waals surface area contributed by atoms with Crippen molar-refractivity contribution in [1.29, 1.82) is 0 Å². The van der Waals surface area contributed by atoms with Crippen LogP contribution in [0.4, 0.5) is 0 Å². The molecule has 0 radical (unpaired) electrons. The van der Waals surface area contributed by atoms with Crippen molar-refractivity contribution in [3.8, 4) is 5.75 Å². The molecule has 0 heterocycles. The lowest BCUT2D eigenvalue weighted by molar-refractivity contribution is 0.0794. The van der Waals surface area contributed by atoms with Gasteiger partial charge in [0.2, 0.25) is 10.0 Å². The SMILES string of the molecule is Cc1ccc(S(=O)(=O)N(CC[C@@H](O)[C@H](Cc2ccccc2)NC(=O)c2cccc(O)c2C)C(C)C)cc1. The number of aliphatic hydroxyl groups is 1. The fourth-order valence-corrected chi connectivity index (χ4v) is 5.88. The van der Waals surface area contributed by atoms with Crippen LogP contribution >= 0.6 is 0 Å². The second kappa shape index (κ2) is 12.4. The van der Waals surface area contributed by atoms with Crippen molar-refractivity contribution >= 4 is 15.9 Å². The van der Waals surface area contributed by atoms with E-state index < -0.39 is 28.1 Å². The van der Waals surface area contributed by atoms with Gasteiger partial charge in [-0.1, -0.05) is 54.1 Å². The molecule has 3 aromatic carbocycles. The predicted molar refractivity (Wildman–Crippen MR) is 145 cm³/mol. The third-order valence-corrected chi connectivity index (χ3v) is 8.57. The normalized spacial score (nSPS) is 13.5. The Morgan fingerprint density at radius 3 is 2.22 bits per heavy atom. The van der Waals surface area contributed by atoms with Crippen molar-refractivity contribution < 1.29 is 23.4 Å². The molecule has 3 rings (SSSR count). The van der Waals surface area contributed by atoms with Gasteiger partial charge in [0.25, 0.3) is 5.91 Å². The van der Waals surface area contributed by atoms with E-state index in [4.69, 9.17) is 0 Å². The molecule has 2 atom stereocenters. The van der Waals surface area contributed by atoms with Crippen LogP contribution in [0, 0.1) is 13.8 Å². The van der Waals surface area contributed by atoms with Crippen molar-refractivity contribution in [1.82, 2.24) is 9.62 Å². The molecular formula is C29H36N2O5S. The van der Waals surface area contributed by atoms with Crippen molar-refractivity contribution in [2.75, 3.05) is 6.54 Å². The molecule has 0 unspecified atom stereocenters. The molecule has 0 aliphatic rings. The molecule has 198 valence electrons. The highest BCUT2D eigenvalue weighted by Crippen LogP contribution is 2.22. The minimum Gasteiger partial charge on any atom is -0.508 e. The number of phenolic OH excluding ortho intramolecular Hbond substituents is 1. The third-order valence-electron chi connectivity index (χ3n) is 6.48. The molecule has 3 aromatic rings. The third kappa shape index (κ3) is 7.19. The van der Waals surface area contributed by atoms with Gasteiger partial charge < -0.3 is 15.5 Å². The zero-order valence-corrected chi connectivity index (χ0v) is 22.6. The van der Waals surface area contributed by atoms with Gasteiger partial charge in [-0.05, 0) is 70.4 Å². The van der Waals surface area contributed by atoms with Gasteiger partial charge in [-0.25, -0.2) is 8.42 Å². The molecule has 37 heavy (non-hydrogen) atoms. The Balaban J connectivity index is 1.81. The minimum atomic E-state index is -3.77. The summed E-state index contributed by atoms with van der Waals surface area (Å²) in [4.78, 5) is 13.3. The number of amides is 1. The summed E-state index contributed by atoms with van der Waals surface area (Å²) in [5.74, 6) is -0.400. The van der Waals surface area contributed by atoms with Crippen LogP contribution in [-0.4, -0.2) is 53.6 Å². The smallest absolute Gasteiger partial charge is 0.252 e. The number of hydrogen-bond donors (Lipinski definition) is 3. The highest BCUT2D eigenvalue weighted by Gasteiger charge is 2.30. The fourth-order valence-electron chi connectivity index (χ4n) is 4.23. The number of aromatic hydroxyl groups is 1. The second-order valence-corrected chi connectivity index (χ2v) is 11.5. The van der Waals surface area contributed by atoms with Gasteiger partial charge in [0.1, 0.15) is 5.75 Å². The highest BCUT2D eigenvalue weighted by atomic mass is 32.2. The van der Waals surface area contributed by atoms with E-state index in [1.54, 1.807) is 57.2 Å². The Bertz CT molecular complexity index is 1290. The summed E-state index contributed by atoms with van der Waals surface area (Å²) in [6, 6.07) is 19.9. The first-order valence-corrected chi connectivity index (χ1v) is 13.8. The molecule has 3 N–H and O–H groups in total. The maximum Gasteiger partial charge on any atom is 0.252 e. The van der Waals surface area contributed by atoms with Crippen molar-refractivity contribution in [3.05, 3.63) is 95.1 Å². The van der Waals surface area contributed by atoms with Gasteiger partial charge in [-0.2, -0.15) is 4.31 Å². The Kier molecular flexibility index (Phi) is 9.48. The average Bonchev–Trinajstić information content (AvgIpc) is 2.85. The predicted octanol–water partition coefficient (Wildman–Crippen LogP) is 4.20. The molecule has 0 aliphatic carbocycles. The fraction of sp³-hybridized carbons (Fsp3) is 0.345. The maximum absolute atomic E-state index is 13.3. The molecule has 0 saturated heterocycles. The summed E-state index contributed by atoms with van der Waals surface area (Å²) < 4.78 is 28.1. The van der Waals surface area contributed by atoms with Gasteiger partial charge in [0, 0.05) is 23.7 Å². The van der Waals surface area contributed by atoms with E-state index in [0.717, 1.165) is 11.1 Å². The lowest BCUT2D eigenvalue weighted by atomic mass is 9.98. The monoisotopic (exact) mass is 524 g/mol. The first-order valence-electron chi connectivity index (χ1n) is 12.4. The summed E-state index contributed by atoms with van der Waals surface area (Å²) in [7, 11) is -3.77. The van der Waals surface area contributed by atoms with Crippen molar-refractivity contribution in [2.24, 2.45) is 0 Å². The number of aliphatic hydroxyl groups excluding tert-OH is 1. The molecule has 8 heteroatoms. The van der Waals surface area contributed by atoms with Crippen LogP contribution in [0.15, 0.2) is 77.7 Å². The van der Waals surface area contributed by atoms with Crippen LogP contribution in [0.3, 0.4) is 0 Å². The van der Waals surface area contributed by atoms with E-state index in [2.05, 4.69) is 5.32 Å². The van der Waals surface area contributed by atoms with E-state index >= 15 is 0 Å². The molecule has 0 bridgehead atoms. The standard InChI is InChI=1S/C29H36N2O5S/c1-20(2)31(37(35,36)24-15-13-21(3)14-16-24)18-17-28(33)26(19-23-9-6-5-7-10-23)30-29(34)25-11-8-12-27(32)22(25)4/h5-16,20,26,28,32-33H,17-19H2,1-4H3,(H,30,34)/t26-,28+/m0/s1. The van der Waals surface area contributed by atoms with Crippen LogP contribution in [0.5, 0.6) is 5.75 Å². The summed E-state index contributed by atoms with van der Waals surface area (Å²) >= 11 is 0. The summed E-state index contributed by atoms with van der Waals surface area (Å²) in [6.45, 7) is 7.23. The number of carbonyl (C=O) groups excluding carboxylic acids is 1. The molecule has 0 aromatic heterocycles. The van der Waals surface area contributed by atoms with Crippen molar-refractivity contribution in [2.45, 2.75) is 63.6 Å². The molecule has 0 fully saturated rings. The Labute approximate surface area is 219 Å². The zero-order chi connectivity index (χ0) is 27.2. The maximum atomic E-state index is 13.3.